The highest BCUT2D eigenvalue weighted by atomic mass is 28.3. The molecule has 0 fully saturated rings. The van der Waals surface area contributed by atoms with E-state index in [1.807, 2.05) is 6.07 Å². The third-order valence-electron chi connectivity index (χ3n) is 14.2. The minimum atomic E-state index is -2.85. The minimum Gasteiger partial charge on any atom is -0.458 e. The third kappa shape index (κ3) is 5.21. The van der Waals surface area contributed by atoms with Crippen LogP contribution in [0.4, 0.5) is 0 Å². The van der Waals surface area contributed by atoms with E-state index in [2.05, 4.69) is 240 Å². The molecule has 0 unspecified atom stereocenters. The lowest BCUT2D eigenvalue weighted by molar-refractivity contribution is 0.464. The van der Waals surface area contributed by atoms with Crippen LogP contribution in [0.3, 0.4) is 0 Å². The smallest absolute Gasteiger partial charge is 0.260 e. The Hall–Kier alpha value is -8.32. The van der Waals surface area contributed by atoms with E-state index in [4.69, 9.17) is 9.47 Å². The zero-order valence-electron chi connectivity index (χ0n) is 35.8. The highest BCUT2D eigenvalue weighted by molar-refractivity contribution is 7.20. The summed E-state index contributed by atoms with van der Waals surface area (Å²) in [6.45, 7) is -0.0450. The Morgan fingerprint density at radius 1 is 0.333 bits per heavy atom. The molecule has 0 N–H and O–H groups in total. The van der Waals surface area contributed by atoms with Crippen molar-refractivity contribution in [3.8, 4) is 34.4 Å². The normalized spacial score (nSPS) is 12.8. The van der Waals surface area contributed by atoms with Gasteiger partial charge in [0.05, 0.1) is 27.8 Å². The molecular weight excluding hydrogens is 820 g/mol. The molecule has 0 amide bonds. The van der Waals surface area contributed by atoms with E-state index in [-0.39, 0.29) is 6.71 Å². The molecule has 4 nitrogen and oxygen atoms in total. The number of ether oxygens (including phenoxy) is 2. The van der Waals surface area contributed by atoms with Crippen molar-refractivity contribution in [3.63, 3.8) is 0 Å². The molecule has 0 spiro atoms. The first-order chi connectivity index (χ1) is 32.8. The number of fused-ring (bicyclic) bond motifs is 10. The molecule has 12 aromatic rings. The predicted molar refractivity (Wildman–Crippen MR) is 276 cm³/mol. The Bertz CT molecular complexity index is 3790. The van der Waals surface area contributed by atoms with Crippen LogP contribution in [-0.4, -0.2) is 23.9 Å². The average Bonchev–Trinajstić information content (AvgIpc) is 3.90. The second-order valence-corrected chi connectivity index (χ2v) is 21.3. The van der Waals surface area contributed by atoms with Crippen molar-refractivity contribution in [2.24, 2.45) is 0 Å². The topological polar surface area (TPSA) is 28.3 Å². The SMILES string of the molecule is c1ccc([Si](c2ccccc2)(c2ccccc2)c2ccc3c4ccccc4n(-c4cccc5c6ccccc6n(-c6ccc7c(c6)B6c8ccccc8Oc8cccc(c86)O7)c45)c3c2)cc1. The van der Waals surface area contributed by atoms with Gasteiger partial charge in [-0.25, -0.2) is 0 Å². The Kier molecular flexibility index (Phi) is 8.06. The summed E-state index contributed by atoms with van der Waals surface area (Å²) in [4.78, 5) is 0. The molecule has 0 radical (unpaired) electrons. The molecule has 308 valence electrons. The lowest BCUT2D eigenvalue weighted by atomic mass is 9.35. The summed E-state index contributed by atoms with van der Waals surface area (Å²) >= 11 is 0. The van der Waals surface area contributed by atoms with Crippen LogP contribution in [0.1, 0.15) is 0 Å². The molecule has 2 aromatic heterocycles. The molecule has 66 heavy (non-hydrogen) atoms. The first-order valence-corrected chi connectivity index (χ1v) is 24.7. The van der Waals surface area contributed by atoms with Gasteiger partial charge in [-0.15, -0.1) is 0 Å². The largest absolute Gasteiger partial charge is 0.458 e. The minimum absolute atomic E-state index is 0.0450. The molecular formula is C60H39BN2O2Si. The first kappa shape index (κ1) is 37.1. The number of rotatable bonds is 6. The van der Waals surface area contributed by atoms with Gasteiger partial charge in [-0.1, -0.05) is 176 Å². The first-order valence-electron chi connectivity index (χ1n) is 22.7. The monoisotopic (exact) mass is 858 g/mol. The van der Waals surface area contributed by atoms with Crippen molar-refractivity contribution in [1.82, 2.24) is 9.13 Å². The average molecular weight is 859 g/mol. The molecule has 0 bridgehead atoms. The van der Waals surface area contributed by atoms with Gasteiger partial charge in [0.1, 0.15) is 23.0 Å². The molecule has 14 rings (SSSR count). The van der Waals surface area contributed by atoms with Gasteiger partial charge < -0.3 is 18.6 Å². The number of nitrogens with zero attached hydrogens (tertiary/aromatic N) is 2. The zero-order chi connectivity index (χ0) is 43.3. The van der Waals surface area contributed by atoms with Gasteiger partial charge in [0.2, 0.25) is 0 Å². The highest BCUT2D eigenvalue weighted by Crippen LogP contribution is 2.41. The summed E-state index contributed by atoms with van der Waals surface area (Å²) in [6, 6.07) is 86.8. The Labute approximate surface area is 383 Å². The quantitative estimate of drug-likeness (QED) is 0.123. The molecule has 0 saturated heterocycles. The fourth-order valence-corrected chi connectivity index (χ4v) is 16.2. The van der Waals surface area contributed by atoms with E-state index in [0.717, 1.165) is 61.8 Å². The summed E-state index contributed by atoms with van der Waals surface area (Å²) in [5.41, 5.74) is 10.2. The van der Waals surface area contributed by atoms with Gasteiger partial charge in [0, 0.05) is 32.7 Å². The summed E-state index contributed by atoms with van der Waals surface area (Å²) in [7, 11) is -2.85. The van der Waals surface area contributed by atoms with Crippen molar-refractivity contribution < 1.29 is 9.47 Å². The van der Waals surface area contributed by atoms with E-state index >= 15 is 0 Å². The van der Waals surface area contributed by atoms with Gasteiger partial charge in [0.15, 0.2) is 8.07 Å². The third-order valence-corrected chi connectivity index (χ3v) is 19.0. The van der Waals surface area contributed by atoms with Crippen LogP contribution in [0.2, 0.25) is 0 Å². The van der Waals surface area contributed by atoms with Crippen LogP contribution in [0.5, 0.6) is 23.0 Å². The molecule has 0 atom stereocenters. The predicted octanol–water partition coefficient (Wildman–Crippen LogP) is 9.99. The van der Waals surface area contributed by atoms with E-state index in [1.54, 1.807) is 0 Å². The summed E-state index contributed by atoms with van der Waals surface area (Å²) in [5, 5.41) is 10.2. The van der Waals surface area contributed by atoms with Gasteiger partial charge in [-0.2, -0.15) is 0 Å². The number of para-hydroxylation sites is 4. The van der Waals surface area contributed by atoms with Crippen molar-refractivity contribution in [2.75, 3.05) is 0 Å². The van der Waals surface area contributed by atoms with Crippen molar-refractivity contribution >= 4 is 95.5 Å². The van der Waals surface area contributed by atoms with Crippen LogP contribution >= 0.6 is 0 Å². The van der Waals surface area contributed by atoms with Crippen LogP contribution in [0.15, 0.2) is 237 Å². The zero-order valence-corrected chi connectivity index (χ0v) is 36.8. The number of hydrogen-bond donors (Lipinski definition) is 0. The van der Waals surface area contributed by atoms with Gasteiger partial charge in [-0.05, 0) is 92.3 Å². The van der Waals surface area contributed by atoms with E-state index < -0.39 is 8.07 Å². The summed E-state index contributed by atoms with van der Waals surface area (Å²) in [6.07, 6.45) is 0. The van der Waals surface area contributed by atoms with Crippen LogP contribution in [0.25, 0.3) is 55.0 Å². The Balaban J connectivity index is 1.06. The fraction of sp³-hybridized carbons (Fsp3) is 0. The molecule has 6 heteroatoms. The standard InChI is InChI=1S/C60H39BN2O2Si/c1-4-18-41(19-5-1)66(42-20-6-2-7-21-42,43-22-8-3-9-23-43)44-35-36-47-45-24-10-14-29-52(45)63(54(47)39-44)53-30-16-26-48-46-25-11-13-28-51(46)62(60(48)53)40-34-37-56-50(38-40)61-49-27-12-15-31-55(49)64-57-32-17-33-58(65-56)59(57)61/h1-39H. The maximum absolute atomic E-state index is 6.71. The maximum atomic E-state index is 6.71. The van der Waals surface area contributed by atoms with Gasteiger partial charge in [-0.3, -0.25) is 0 Å². The van der Waals surface area contributed by atoms with Crippen LogP contribution < -0.4 is 46.6 Å². The highest BCUT2D eigenvalue weighted by Gasteiger charge is 2.42. The summed E-state index contributed by atoms with van der Waals surface area (Å²) in [5.74, 6) is 3.44. The molecule has 2 aliphatic rings. The molecule has 2 aliphatic heterocycles. The fourth-order valence-electron chi connectivity index (χ4n) is 11.5. The van der Waals surface area contributed by atoms with Crippen LogP contribution in [-0.2, 0) is 0 Å². The molecule has 0 aliphatic carbocycles. The number of benzene rings is 10. The second-order valence-electron chi connectivity index (χ2n) is 17.5. The summed E-state index contributed by atoms with van der Waals surface area (Å²) < 4.78 is 18.2. The Morgan fingerprint density at radius 3 is 1.53 bits per heavy atom. The van der Waals surface area contributed by atoms with Crippen LogP contribution in [0, 0.1) is 0 Å². The van der Waals surface area contributed by atoms with E-state index in [1.165, 1.54) is 53.3 Å². The molecule has 10 aromatic carbocycles. The molecule has 4 heterocycles. The lowest BCUT2D eigenvalue weighted by Crippen LogP contribution is -2.74. The number of hydrogen-bond acceptors (Lipinski definition) is 2. The van der Waals surface area contributed by atoms with Crippen molar-refractivity contribution in [2.45, 2.75) is 0 Å². The maximum Gasteiger partial charge on any atom is 0.260 e. The second kappa shape index (κ2) is 14.3. The van der Waals surface area contributed by atoms with Crippen molar-refractivity contribution in [1.29, 1.82) is 0 Å². The number of aromatic nitrogens is 2. The molecule has 0 saturated carbocycles. The van der Waals surface area contributed by atoms with Crippen molar-refractivity contribution in [3.05, 3.63) is 237 Å². The lowest BCUT2D eigenvalue weighted by Gasteiger charge is -2.34. The van der Waals surface area contributed by atoms with E-state index in [0.29, 0.717) is 0 Å². The van der Waals surface area contributed by atoms with Gasteiger partial charge >= 0.3 is 0 Å². The van der Waals surface area contributed by atoms with Gasteiger partial charge in [0.25, 0.3) is 6.71 Å². The Morgan fingerprint density at radius 2 is 0.848 bits per heavy atom. The van der Waals surface area contributed by atoms with E-state index in [9.17, 15) is 0 Å².